The van der Waals surface area contributed by atoms with Gasteiger partial charge in [-0.05, 0) is 44.5 Å². The molecule has 2 heterocycles. The Labute approximate surface area is 116 Å². The SMILES string of the molecule is CCNCc1cc(C)nc(N2CCCOC(C)C2)c1. The lowest BCUT2D eigenvalue weighted by atomic mass is 10.2. The molecule has 19 heavy (non-hydrogen) atoms. The molecule has 1 aliphatic heterocycles. The average molecular weight is 263 g/mol. The van der Waals surface area contributed by atoms with Gasteiger partial charge in [-0.3, -0.25) is 0 Å². The van der Waals surface area contributed by atoms with E-state index in [2.05, 4.69) is 48.1 Å². The predicted octanol–water partition coefficient (Wildman–Crippen LogP) is 2.11. The van der Waals surface area contributed by atoms with Crippen LogP contribution in [-0.2, 0) is 11.3 Å². The van der Waals surface area contributed by atoms with Gasteiger partial charge in [-0.25, -0.2) is 4.98 Å². The molecule has 4 heteroatoms. The molecule has 1 saturated heterocycles. The molecule has 1 fully saturated rings. The highest BCUT2D eigenvalue weighted by Crippen LogP contribution is 2.18. The third-order valence-electron chi connectivity index (χ3n) is 3.36. The summed E-state index contributed by atoms with van der Waals surface area (Å²) in [4.78, 5) is 7.03. The number of hydrogen-bond acceptors (Lipinski definition) is 4. The second kappa shape index (κ2) is 6.87. The summed E-state index contributed by atoms with van der Waals surface area (Å²) in [5.41, 5.74) is 2.39. The quantitative estimate of drug-likeness (QED) is 0.903. The molecule has 0 amide bonds. The van der Waals surface area contributed by atoms with Crippen LogP contribution in [0.5, 0.6) is 0 Å². The Morgan fingerprint density at radius 3 is 3.11 bits per heavy atom. The number of aryl methyl sites for hydroxylation is 1. The molecule has 1 N–H and O–H groups in total. The first-order valence-electron chi connectivity index (χ1n) is 7.24. The van der Waals surface area contributed by atoms with Crippen LogP contribution in [0.1, 0.15) is 31.5 Å². The minimum Gasteiger partial charge on any atom is -0.377 e. The van der Waals surface area contributed by atoms with Crippen LogP contribution in [0, 0.1) is 6.92 Å². The summed E-state index contributed by atoms with van der Waals surface area (Å²) in [6.45, 7) is 11.0. The van der Waals surface area contributed by atoms with Gasteiger partial charge in [-0.1, -0.05) is 6.92 Å². The zero-order chi connectivity index (χ0) is 13.7. The molecule has 0 spiro atoms. The largest absolute Gasteiger partial charge is 0.377 e. The van der Waals surface area contributed by atoms with Crippen LogP contribution in [0.3, 0.4) is 0 Å². The minimum atomic E-state index is 0.280. The van der Waals surface area contributed by atoms with Gasteiger partial charge < -0.3 is 15.0 Å². The van der Waals surface area contributed by atoms with E-state index in [1.54, 1.807) is 0 Å². The predicted molar refractivity (Wildman–Crippen MR) is 78.6 cm³/mol. The van der Waals surface area contributed by atoms with E-state index < -0.39 is 0 Å². The van der Waals surface area contributed by atoms with E-state index >= 15 is 0 Å². The molecule has 1 atom stereocenters. The standard InChI is InChI=1S/C15H25N3O/c1-4-16-10-14-8-12(2)17-15(9-14)18-6-5-7-19-13(3)11-18/h8-9,13,16H,4-7,10-11H2,1-3H3. The molecule has 0 bridgehead atoms. The van der Waals surface area contributed by atoms with Gasteiger partial charge in [0.25, 0.3) is 0 Å². The van der Waals surface area contributed by atoms with Gasteiger partial charge in [-0.15, -0.1) is 0 Å². The number of nitrogens with zero attached hydrogens (tertiary/aromatic N) is 2. The summed E-state index contributed by atoms with van der Waals surface area (Å²) < 4.78 is 5.70. The molecule has 0 radical (unpaired) electrons. The maximum atomic E-state index is 5.70. The van der Waals surface area contributed by atoms with Crippen molar-refractivity contribution in [3.63, 3.8) is 0 Å². The third-order valence-corrected chi connectivity index (χ3v) is 3.36. The van der Waals surface area contributed by atoms with Crippen LogP contribution in [0.2, 0.25) is 0 Å². The molecule has 2 rings (SSSR count). The number of ether oxygens (including phenoxy) is 1. The molecule has 4 nitrogen and oxygen atoms in total. The highest BCUT2D eigenvalue weighted by Gasteiger charge is 2.16. The number of hydrogen-bond donors (Lipinski definition) is 1. The highest BCUT2D eigenvalue weighted by molar-refractivity contribution is 5.43. The zero-order valence-corrected chi connectivity index (χ0v) is 12.3. The van der Waals surface area contributed by atoms with Crippen molar-refractivity contribution in [2.24, 2.45) is 0 Å². The topological polar surface area (TPSA) is 37.4 Å². The first-order chi connectivity index (χ1) is 9.19. The summed E-state index contributed by atoms with van der Waals surface area (Å²) in [7, 11) is 0. The first-order valence-corrected chi connectivity index (χ1v) is 7.24. The van der Waals surface area contributed by atoms with E-state index in [1.165, 1.54) is 5.56 Å². The van der Waals surface area contributed by atoms with Crippen molar-refractivity contribution in [3.8, 4) is 0 Å². The smallest absolute Gasteiger partial charge is 0.129 e. The fourth-order valence-electron chi connectivity index (χ4n) is 2.46. The van der Waals surface area contributed by atoms with E-state index in [1.807, 2.05) is 0 Å². The van der Waals surface area contributed by atoms with Gasteiger partial charge in [0.15, 0.2) is 0 Å². The van der Waals surface area contributed by atoms with Crippen LogP contribution in [0.25, 0.3) is 0 Å². The van der Waals surface area contributed by atoms with Crippen molar-refractivity contribution in [2.45, 2.75) is 39.8 Å². The monoisotopic (exact) mass is 263 g/mol. The Kier molecular flexibility index (Phi) is 5.16. The normalized spacial score (nSPS) is 20.4. The van der Waals surface area contributed by atoms with E-state index in [0.717, 1.165) is 50.7 Å². The highest BCUT2D eigenvalue weighted by atomic mass is 16.5. The van der Waals surface area contributed by atoms with Gasteiger partial charge >= 0.3 is 0 Å². The Balaban J connectivity index is 2.15. The lowest BCUT2D eigenvalue weighted by Crippen LogP contribution is -2.31. The Bertz CT molecular complexity index is 408. The van der Waals surface area contributed by atoms with Crippen molar-refractivity contribution in [2.75, 3.05) is 31.1 Å². The third kappa shape index (κ3) is 4.18. The van der Waals surface area contributed by atoms with Crippen molar-refractivity contribution in [3.05, 3.63) is 23.4 Å². The average Bonchev–Trinajstić information content (AvgIpc) is 2.60. The lowest BCUT2D eigenvalue weighted by molar-refractivity contribution is 0.0820. The van der Waals surface area contributed by atoms with Crippen LogP contribution >= 0.6 is 0 Å². The maximum Gasteiger partial charge on any atom is 0.129 e. The van der Waals surface area contributed by atoms with Gasteiger partial charge in [0, 0.05) is 31.9 Å². The van der Waals surface area contributed by atoms with Crippen LogP contribution < -0.4 is 10.2 Å². The number of aromatic nitrogens is 1. The Morgan fingerprint density at radius 2 is 2.32 bits per heavy atom. The molecular weight excluding hydrogens is 238 g/mol. The fraction of sp³-hybridized carbons (Fsp3) is 0.667. The molecule has 0 saturated carbocycles. The van der Waals surface area contributed by atoms with E-state index in [-0.39, 0.29) is 6.10 Å². The summed E-state index contributed by atoms with van der Waals surface area (Å²) >= 11 is 0. The minimum absolute atomic E-state index is 0.280. The number of nitrogens with one attached hydrogen (secondary N) is 1. The summed E-state index contributed by atoms with van der Waals surface area (Å²) in [6.07, 6.45) is 1.35. The van der Waals surface area contributed by atoms with Gasteiger partial charge in [0.1, 0.15) is 5.82 Å². The summed E-state index contributed by atoms with van der Waals surface area (Å²) in [6, 6.07) is 4.36. The summed E-state index contributed by atoms with van der Waals surface area (Å²) in [5.74, 6) is 1.09. The van der Waals surface area contributed by atoms with Crippen molar-refractivity contribution in [1.82, 2.24) is 10.3 Å². The van der Waals surface area contributed by atoms with E-state index in [9.17, 15) is 0 Å². The Morgan fingerprint density at radius 1 is 1.47 bits per heavy atom. The van der Waals surface area contributed by atoms with Gasteiger partial charge in [0.05, 0.1) is 6.10 Å². The number of anilines is 1. The molecule has 0 aromatic carbocycles. The van der Waals surface area contributed by atoms with Crippen molar-refractivity contribution < 1.29 is 4.74 Å². The molecule has 0 aliphatic carbocycles. The van der Waals surface area contributed by atoms with Crippen LogP contribution in [0.4, 0.5) is 5.82 Å². The first kappa shape index (κ1) is 14.3. The molecule has 106 valence electrons. The number of pyridine rings is 1. The molecular formula is C15H25N3O. The fourth-order valence-corrected chi connectivity index (χ4v) is 2.46. The Hall–Kier alpha value is -1.13. The second-order valence-corrected chi connectivity index (χ2v) is 5.24. The zero-order valence-electron chi connectivity index (χ0n) is 12.3. The van der Waals surface area contributed by atoms with E-state index in [0.29, 0.717) is 0 Å². The van der Waals surface area contributed by atoms with Crippen LogP contribution in [-0.4, -0.2) is 37.3 Å². The molecule has 1 aromatic heterocycles. The molecule has 1 aromatic rings. The number of rotatable bonds is 4. The van der Waals surface area contributed by atoms with Gasteiger partial charge in [-0.2, -0.15) is 0 Å². The maximum absolute atomic E-state index is 5.70. The van der Waals surface area contributed by atoms with Crippen molar-refractivity contribution in [1.29, 1.82) is 0 Å². The van der Waals surface area contributed by atoms with Crippen LogP contribution in [0.15, 0.2) is 12.1 Å². The van der Waals surface area contributed by atoms with Crippen molar-refractivity contribution >= 4 is 5.82 Å². The molecule has 1 unspecified atom stereocenters. The van der Waals surface area contributed by atoms with E-state index in [4.69, 9.17) is 4.74 Å². The second-order valence-electron chi connectivity index (χ2n) is 5.24. The lowest BCUT2D eigenvalue weighted by Gasteiger charge is -2.24. The van der Waals surface area contributed by atoms with Gasteiger partial charge in [0.2, 0.25) is 0 Å². The summed E-state index contributed by atoms with van der Waals surface area (Å²) in [5, 5.41) is 3.37. The molecule has 1 aliphatic rings.